The molecule has 6 nitrogen and oxygen atoms in total. The SMILES string of the molecule is COc1ncc(CN2CCn3nc(C)cc3C2)cn1. The Morgan fingerprint density at radius 1 is 1.26 bits per heavy atom. The molecule has 0 radical (unpaired) electrons. The van der Waals surface area contributed by atoms with Gasteiger partial charge in [0.15, 0.2) is 0 Å². The van der Waals surface area contributed by atoms with Crippen LogP contribution in [0.15, 0.2) is 18.5 Å². The molecule has 1 aliphatic rings. The molecule has 19 heavy (non-hydrogen) atoms. The molecule has 0 unspecified atom stereocenters. The highest BCUT2D eigenvalue weighted by Crippen LogP contribution is 2.15. The van der Waals surface area contributed by atoms with Gasteiger partial charge >= 0.3 is 6.01 Å². The number of fused-ring (bicyclic) bond motifs is 1. The van der Waals surface area contributed by atoms with Crippen molar-refractivity contribution in [1.82, 2.24) is 24.6 Å². The molecule has 6 heteroatoms. The number of rotatable bonds is 3. The molecular weight excluding hydrogens is 242 g/mol. The van der Waals surface area contributed by atoms with Gasteiger partial charge in [0.1, 0.15) is 0 Å². The first-order chi connectivity index (χ1) is 9.24. The van der Waals surface area contributed by atoms with Crippen LogP contribution in [0.25, 0.3) is 0 Å². The Bertz CT molecular complexity index is 563. The van der Waals surface area contributed by atoms with Crippen molar-refractivity contribution in [2.45, 2.75) is 26.6 Å². The average molecular weight is 259 g/mol. The molecule has 0 amide bonds. The second kappa shape index (κ2) is 4.97. The van der Waals surface area contributed by atoms with E-state index in [1.165, 1.54) is 5.69 Å². The molecule has 0 N–H and O–H groups in total. The van der Waals surface area contributed by atoms with E-state index in [0.29, 0.717) is 6.01 Å². The lowest BCUT2D eigenvalue weighted by molar-refractivity contribution is 0.204. The van der Waals surface area contributed by atoms with Crippen LogP contribution in [0.1, 0.15) is 17.0 Å². The van der Waals surface area contributed by atoms with Crippen LogP contribution in [-0.4, -0.2) is 38.3 Å². The van der Waals surface area contributed by atoms with E-state index >= 15 is 0 Å². The minimum absolute atomic E-state index is 0.413. The maximum atomic E-state index is 4.96. The average Bonchev–Trinajstić information content (AvgIpc) is 2.79. The third kappa shape index (κ3) is 2.58. The van der Waals surface area contributed by atoms with Crippen LogP contribution < -0.4 is 4.74 Å². The zero-order chi connectivity index (χ0) is 13.2. The summed E-state index contributed by atoms with van der Waals surface area (Å²) in [6, 6.07) is 2.56. The van der Waals surface area contributed by atoms with Crippen LogP contribution in [0, 0.1) is 6.92 Å². The minimum Gasteiger partial charge on any atom is -0.467 e. The molecule has 2 aromatic heterocycles. The number of hydrogen-bond acceptors (Lipinski definition) is 5. The van der Waals surface area contributed by atoms with E-state index in [9.17, 15) is 0 Å². The third-order valence-electron chi connectivity index (χ3n) is 3.27. The normalized spacial score (nSPS) is 15.3. The predicted octanol–water partition coefficient (Wildman–Crippen LogP) is 1.01. The highest BCUT2D eigenvalue weighted by atomic mass is 16.5. The summed E-state index contributed by atoms with van der Waals surface area (Å²) < 4.78 is 7.05. The first-order valence-corrected chi connectivity index (χ1v) is 6.35. The van der Waals surface area contributed by atoms with E-state index in [2.05, 4.69) is 30.7 Å². The Morgan fingerprint density at radius 3 is 2.79 bits per heavy atom. The van der Waals surface area contributed by atoms with Gasteiger partial charge in [-0.15, -0.1) is 0 Å². The molecule has 0 aliphatic carbocycles. The van der Waals surface area contributed by atoms with Crippen molar-refractivity contribution in [3.8, 4) is 6.01 Å². The minimum atomic E-state index is 0.413. The first-order valence-electron chi connectivity index (χ1n) is 6.35. The van der Waals surface area contributed by atoms with Gasteiger partial charge in [-0.1, -0.05) is 0 Å². The third-order valence-corrected chi connectivity index (χ3v) is 3.27. The zero-order valence-corrected chi connectivity index (χ0v) is 11.2. The van der Waals surface area contributed by atoms with E-state index in [4.69, 9.17) is 4.74 Å². The van der Waals surface area contributed by atoms with Crippen LogP contribution in [0.3, 0.4) is 0 Å². The van der Waals surface area contributed by atoms with Gasteiger partial charge in [-0.3, -0.25) is 9.58 Å². The molecule has 0 aromatic carbocycles. The van der Waals surface area contributed by atoms with Crippen molar-refractivity contribution in [1.29, 1.82) is 0 Å². The lowest BCUT2D eigenvalue weighted by Crippen LogP contribution is -2.33. The lowest BCUT2D eigenvalue weighted by atomic mass is 10.2. The molecule has 3 rings (SSSR count). The Hall–Kier alpha value is -1.95. The number of ether oxygens (including phenoxy) is 1. The van der Waals surface area contributed by atoms with Crippen LogP contribution >= 0.6 is 0 Å². The van der Waals surface area contributed by atoms with Crippen molar-refractivity contribution in [2.24, 2.45) is 0 Å². The molecule has 3 heterocycles. The van der Waals surface area contributed by atoms with Gasteiger partial charge in [-0.25, -0.2) is 9.97 Å². The largest absolute Gasteiger partial charge is 0.467 e. The Morgan fingerprint density at radius 2 is 2.05 bits per heavy atom. The van der Waals surface area contributed by atoms with E-state index in [1.807, 2.05) is 19.3 Å². The van der Waals surface area contributed by atoms with E-state index in [0.717, 1.165) is 37.4 Å². The van der Waals surface area contributed by atoms with Crippen LogP contribution in [0.5, 0.6) is 6.01 Å². The van der Waals surface area contributed by atoms with Gasteiger partial charge in [0.2, 0.25) is 0 Å². The quantitative estimate of drug-likeness (QED) is 0.823. The number of aromatic nitrogens is 4. The Kier molecular flexibility index (Phi) is 3.16. The number of methoxy groups -OCH3 is 1. The summed E-state index contributed by atoms with van der Waals surface area (Å²) in [5.74, 6) is 0. The Labute approximate surface area is 112 Å². The smallest absolute Gasteiger partial charge is 0.316 e. The molecule has 0 bridgehead atoms. The van der Waals surface area contributed by atoms with Crippen LogP contribution in [-0.2, 0) is 19.6 Å². The predicted molar refractivity (Wildman–Crippen MR) is 69.7 cm³/mol. The van der Waals surface area contributed by atoms with Gasteiger partial charge in [0.05, 0.1) is 25.0 Å². The lowest BCUT2D eigenvalue weighted by Gasteiger charge is -2.27. The van der Waals surface area contributed by atoms with Crippen molar-refractivity contribution >= 4 is 0 Å². The Balaban J connectivity index is 1.68. The summed E-state index contributed by atoms with van der Waals surface area (Å²) in [5, 5.41) is 4.46. The fourth-order valence-electron chi connectivity index (χ4n) is 2.39. The van der Waals surface area contributed by atoms with Crippen LogP contribution in [0.2, 0.25) is 0 Å². The summed E-state index contributed by atoms with van der Waals surface area (Å²) in [5.41, 5.74) is 3.47. The summed E-state index contributed by atoms with van der Waals surface area (Å²) in [7, 11) is 1.57. The molecular formula is C13H17N5O. The summed E-state index contributed by atoms with van der Waals surface area (Å²) in [4.78, 5) is 10.6. The number of hydrogen-bond donors (Lipinski definition) is 0. The molecule has 1 aliphatic heterocycles. The molecule has 0 fully saturated rings. The maximum Gasteiger partial charge on any atom is 0.316 e. The number of nitrogens with zero attached hydrogens (tertiary/aromatic N) is 5. The second-order valence-electron chi connectivity index (χ2n) is 4.79. The van der Waals surface area contributed by atoms with E-state index in [-0.39, 0.29) is 0 Å². The molecule has 0 atom stereocenters. The zero-order valence-electron chi connectivity index (χ0n) is 11.2. The van der Waals surface area contributed by atoms with E-state index < -0.39 is 0 Å². The second-order valence-corrected chi connectivity index (χ2v) is 4.79. The van der Waals surface area contributed by atoms with Gasteiger partial charge in [0, 0.05) is 37.6 Å². The summed E-state index contributed by atoms with van der Waals surface area (Å²) >= 11 is 0. The molecule has 0 saturated carbocycles. The highest BCUT2D eigenvalue weighted by Gasteiger charge is 2.17. The fraction of sp³-hybridized carbons (Fsp3) is 0.462. The highest BCUT2D eigenvalue weighted by molar-refractivity contribution is 5.12. The topological polar surface area (TPSA) is 56.1 Å². The van der Waals surface area contributed by atoms with Gasteiger partial charge in [-0.05, 0) is 13.0 Å². The van der Waals surface area contributed by atoms with Crippen molar-refractivity contribution < 1.29 is 4.74 Å². The van der Waals surface area contributed by atoms with E-state index in [1.54, 1.807) is 7.11 Å². The van der Waals surface area contributed by atoms with Crippen LogP contribution in [0.4, 0.5) is 0 Å². The molecule has 2 aromatic rings. The maximum absolute atomic E-state index is 4.96. The first kappa shape index (κ1) is 12.1. The van der Waals surface area contributed by atoms with Gasteiger partial charge in [-0.2, -0.15) is 5.10 Å². The molecule has 100 valence electrons. The fourth-order valence-corrected chi connectivity index (χ4v) is 2.39. The number of aryl methyl sites for hydroxylation is 1. The van der Waals surface area contributed by atoms with Crippen molar-refractivity contribution in [2.75, 3.05) is 13.7 Å². The molecule has 0 saturated heterocycles. The summed E-state index contributed by atoms with van der Waals surface area (Å²) in [6.07, 6.45) is 3.64. The van der Waals surface area contributed by atoms with Crippen molar-refractivity contribution in [3.05, 3.63) is 35.4 Å². The van der Waals surface area contributed by atoms with Gasteiger partial charge in [0.25, 0.3) is 0 Å². The molecule has 0 spiro atoms. The monoisotopic (exact) mass is 259 g/mol. The summed E-state index contributed by atoms with van der Waals surface area (Å²) in [6.45, 7) is 5.76. The standard InChI is InChI=1S/C13H17N5O/c1-10-5-12-9-17(3-4-18(12)16-10)8-11-6-14-13(19-2)15-7-11/h5-7H,3-4,8-9H2,1-2H3. The van der Waals surface area contributed by atoms with Gasteiger partial charge < -0.3 is 4.74 Å². The van der Waals surface area contributed by atoms with Crippen molar-refractivity contribution in [3.63, 3.8) is 0 Å².